The minimum absolute atomic E-state index is 0.175. The zero-order valence-corrected chi connectivity index (χ0v) is 15.5. The molecule has 2 aromatic carbocycles. The average Bonchev–Trinajstić information content (AvgIpc) is 2.98. The molecule has 0 aliphatic rings. The minimum Gasteiger partial charge on any atom is -0.457 e. The van der Waals surface area contributed by atoms with E-state index in [4.69, 9.17) is 4.74 Å². The number of aromatic nitrogens is 2. The first-order chi connectivity index (χ1) is 12.3. The van der Waals surface area contributed by atoms with Crippen molar-refractivity contribution in [2.45, 2.75) is 33.2 Å². The first-order valence-corrected chi connectivity index (χ1v) is 8.54. The molecule has 0 aliphatic heterocycles. The van der Waals surface area contributed by atoms with Crippen molar-refractivity contribution in [2.75, 3.05) is 5.32 Å². The quantitative estimate of drug-likeness (QED) is 0.722. The summed E-state index contributed by atoms with van der Waals surface area (Å²) >= 11 is 0. The summed E-state index contributed by atoms with van der Waals surface area (Å²) in [6, 6.07) is 18.6. The van der Waals surface area contributed by atoms with Crippen molar-refractivity contribution < 1.29 is 9.53 Å². The number of benzene rings is 2. The summed E-state index contributed by atoms with van der Waals surface area (Å²) in [5.74, 6) is 1.16. The van der Waals surface area contributed by atoms with Crippen LogP contribution in [0.15, 0.2) is 60.7 Å². The van der Waals surface area contributed by atoms with Crippen molar-refractivity contribution in [3.8, 4) is 11.5 Å². The second kappa shape index (κ2) is 7.04. The fourth-order valence-corrected chi connectivity index (χ4v) is 2.72. The maximum Gasteiger partial charge on any atom is 0.276 e. The van der Waals surface area contributed by atoms with Gasteiger partial charge in [0, 0.05) is 17.4 Å². The zero-order valence-electron chi connectivity index (χ0n) is 15.5. The van der Waals surface area contributed by atoms with Crippen molar-refractivity contribution in [1.29, 1.82) is 0 Å². The second-order valence-corrected chi connectivity index (χ2v) is 7.15. The fourth-order valence-electron chi connectivity index (χ4n) is 2.72. The molecule has 3 rings (SSSR count). The van der Waals surface area contributed by atoms with Gasteiger partial charge in [0.1, 0.15) is 11.5 Å². The van der Waals surface area contributed by atoms with E-state index < -0.39 is 0 Å². The van der Waals surface area contributed by atoms with Gasteiger partial charge in [-0.15, -0.1) is 0 Å². The molecule has 5 nitrogen and oxygen atoms in total. The lowest BCUT2D eigenvalue weighted by molar-refractivity contribution is 0.102. The first kappa shape index (κ1) is 17.7. The first-order valence-electron chi connectivity index (χ1n) is 8.54. The molecule has 0 atom stereocenters. The van der Waals surface area contributed by atoms with Gasteiger partial charge in [-0.1, -0.05) is 24.3 Å². The molecule has 134 valence electrons. The van der Waals surface area contributed by atoms with Crippen LogP contribution in [0.2, 0.25) is 0 Å². The van der Waals surface area contributed by atoms with Gasteiger partial charge in [-0.25, -0.2) is 0 Å². The van der Waals surface area contributed by atoms with Crippen LogP contribution >= 0.6 is 0 Å². The molecule has 0 fully saturated rings. The number of nitrogens with one attached hydrogen (secondary N) is 1. The Bertz CT molecular complexity index is 909. The van der Waals surface area contributed by atoms with Gasteiger partial charge in [0.2, 0.25) is 0 Å². The highest BCUT2D eigenvalue weighted by Crippen LogP contribution is 2.24. The highest BCUT2D eigenvalue weighted by atomic mass is 16.5. The number of rotatable bonds is 4. The van der Waals surface area contributed by atoms with E-state index in [0.29, 0.717) is 17.1 Å². The zero-order chi connectivity index (χ0) is 18.7. The normalized spacial score (nSPS) is 11.2. The van der Waals surface area contributed by atoms with Gasteiger partial charge in [-0.2, -0.15) is 5.10 Å². The van der Waals surface area contributed by atoms with E-state index in [1.807, 2.05) is 60.1 Å². The lowest BCUT2D eigenvalue weighted by atomic mass is 10.1. The number of carbonyl (C=O) groups is 1. The molecule has 0 spiro atoms. The topological polar surface area (TPSA) is 56.1 Å². The molecule has 26 heavy (non-hydrogen) atoms. The molecule has 1 amide bonds. The lowest BCUT2D eigenvalue weighted by Crippen LogP contribution is -2.25. The summed E-state index contributed by atoms with van der Waals surface area (Å²) < 4.78 is 7.66. The van der Waals surface area contributed by atoms with E-state index in [1.54, 1.807) is 12.1 Å². The number of carbonyl (C=O) groups excluding carboxylic acids is 1. The van der Waals surface area contributed by atoms with Gasteiger partial charge in [-0.05, 0) is 58.0 Å². The third-order valence-electron chi connectivity index (χ3n) is 3.83. The van der Waals surface area contributed by atoms with Crippen molar-refractivity contribution in [2.24, 2.45) is 0 Å². The van der Waals surface area contributed by atoms with Gasteiger partial charge < -0.3 is 10.1 Å². The van der Waals surface area contributed by atoms with E-state index in [2.05, 4.69) is 31.2 Å². The van der Waals surface area contributed by atoms with E-state index in [0.717, 1.165) is 11.4 Å². The SMILES string of the molecule is Cc1cc(C(=O)Nc2cccc(Oc3ccccc3)c2)nn1C(C)(C)C. The Hall–Kier alpha value is -3.08. The standard InChI is InChI=1S/C21H23N3O2/c1-15-13-19(23-24(15)21(2,3)4)20(25)22-16-9-8-12-18(14-16)26-17-10-6-5-7-11-17/h5-14H,1-4H3,(H,22,25). The molecule has 1 N–H and O–H groups in total. The fraction of sp³-hybridized carbons (Fsp3) is 0.238. The summed E-state index contributed by atoms with van der Waals surface area (Å²) in [7, 11) is 0. The molecular weight excluding hydrogens is 326 g/mol. The molecule has 0 radical (unpaired) electrons. The molecule has 3 aromatic rings. The van der Waals surface area contributed by atoms with E-state index in [9.17, 15) is 4.79 Å². The second-order valence-electron chi connectivity index (χ2n) is 7.15. The van der Waals surface area contributed by atoms with Gasteiger partial charge in [0.15, 0.2) is 5.69 Å². The van der Waals surface area contributed by atoms with Crippen molar-refractivity contribution in [3.63, 3.8) is 0 Å². The maximum atomic E-state index is 12.5. The molecule has 0 unspecified atom stereocenters. The van der Waals surface area contributed by atoms with Crippen LogP contribution in [0.4, 0.5) is 5.69 Å². The molecule has 1 heterocycles. The van der Waals surface area contributed by atoms with Gasteiger partial charge in [-0.3, -0.25) is 9.48 Å². The molecule has 0 aliphatic carbocycles. The van der Waals surface area contributed by atoms with Crippen LogP contribution in [0.25, 0.3) is 0 Å². The van der Waals surface area contributed by atoms with Crippen molar-refractivity contribution >= 4 is 11.6 Å². The van der Waals surface area contributed by atoms with Crippen LogP contribution in [-0.4, -0.2) is 15.7 Å². The Balaban J connectivity index is 1.75. The van der Waals surface area contributed by atoms with E-state index >= 15 is 0 Å². The number of hydrogen-bond donors (Lipinski definition) is 1. The van der Waals surface area contributed by atoms with Crippen molar-refractivity contribution in [3.05, 3.63) is 72.1 Å². The van der Waals surface area contributed by atoms with Gasteiger partial charge in [0.05, 0.1) is 5.54 Å². The molecular formula is C21H23N3O2. The minimum atomic E-state index is -0.243. The number of hydrogen-bond acceptors (Lipinski definition) is 3. The molecule has 1 aromatic heterocycles. The van der Waals surface area contributed by atoms with Gasteiger partial charge >= 0.3 is 0 Å². The highest BCUT2D eigenvalue weighted by molar-refractivity contribution is 6.03. The van der Waals surface area contributed by atoms with E-state index in [-0.39, 0.29) is 11.4 Å². The van der Waals surface area contributed by atoms with E-state index in [1.165, 1.54) is 0 Å². The van der Waals surface area contributed by atoms with Crippen molar-refractivity contribution in [1.82, 2.24) is 9.78 Å². The Labute approximate surface area is 153 Å². The van der Waals surface area contributed by atoms with Crippen LogP contribution in [0.5, 0.6) is 11.5 Å². The number of aryl methyl sites for hydroxylation is 1. The smallest absolute Gasteiger partial charge is 0.276 e. The predicted molar refractivity (Wildman–Crippen MR) is 103 cm³/mol. The maximum absolute atomic E-state index is 12.5. The van der Waals surface area contributed by atoms with Crippen LogP contribution in [-0.2, 0) is 5.54 Å². The summed E-state index contributed by atoms with van der Waals surface area (Å²) in [4.78, 5) is 12.5. The van der Waals surface area contributed by atoms with Crippen LogP contribution in [0, 0.1) is 6.92 Å². The third kappa shape index (κ3) is 4.11. The Morgan fingerprint density at radius 2 is 1.69 bits per heavy atom. The molecule has 0 saturated heterocycles. The van der Waals surface area contributed by atoms with Crippen LogP contribution in [0.3, 0.4) is 0 Å². The monoisotopic (exact) mass is 349 g/mol. The predicted octanol–water partition coefficient (Wildman–Crippen LogP) is 4.99. The Morgan fingerprint density at radius 1 is 1.00 bits per heavy atom. The number of nitrogens with zero attached hydrogens (tertiary/aromatic N) is 2. The summed E-state index contributed by atoms with van der Waals surface area (Å²) in [6.45, 7) is 8.11. The Morgan fingerprint density at radius 3 is 2.35 bits per heavy atom. The average molecular weight is 349 g/mol. The molecule has 0 bridgehead atoms. The highest BCUT2D eigenvalue weighted by Gasteiger charge is 2.20. The summed E-state index contributed by atoms with van der Waals surface area (Å²) in [5, 5.41) is 7.32. The van der Waals surface area contributed by atoms with Crippen LogP contribution < -0.4 is 10.1 Å². The summed E-state index contributed by atoms with van der Waals surface area (Å²) in [6.07, 6.45) is 0. The number of para-hydroxylation sites is 1. The van der Waals surface area contributed by atoms with Gasteiger partial charge in [0.25, 0.3) is 5.91 Å². The lowest BCUT2D eigenvalue weighted by Gasteiger charge is -2.21. The third-order valence-corrected chi connectivity index (χ3v) is 3.83. The summed E-state index contributed by atoms with van der Waals surface area (Å²) in [5.41, 5.74) is 1.83. The molecule has 5 heteroatoms. The Kier molecular flexibility index (Phi) is 4.80. The number of amides is 1. The largest absolute Gasteiger partial charge is 0.457 e. The number of ether oxygens (including phenoxy) is 1. The molecule has 0 saturated carbocycles. The van der Waals surface area contributed by atoms with Crippen LogP contribution in [0.1, 0.15) is 37.0 Å². The number of anilines is 1.